The van der Waals surface area contributed by atoms with E-state index >= 15 is 0 Å². The molecule has 6 heteroatoms. The molecular formula is C15H19NO5. The Kier molecular flexibility index (Phi) is 4.67. The van der Waals surface area contributed by atoms with Crippen molar-refractivity contribution in [1.29, 1.82) is 0 Å². The van der Waals surface area contributed by atoms with Crippen LogP contribution in [0.4, 0.5) is 0 Å². The van der Waals surface area contributed by atoms with E-state index in [1.807, 2.05) is 19.9 Å². The number of rotatable bonds is 4. The summed E-state index contributed by atoms with van der Waals surface area (Å²) >= 11 is 0. The van der Waals surface area contributed by atoms with Crippen LogP contribution in [0.15, 0.2) is 24.3 Å². The zero-order chi connectivity index (χ0) is 15.4. The van der Waals surface area contributed by atoms with Gasteiger partial charge in [0.25, 0.3) is 5.91 Å². The Morgan fingerprint density at radius 1 is 1.29 bits per heavy atom. The largest absolute Gasteiger partial charge is 0.485 e. The van der Waals surface area contributed by atoms with Crippen molar-refractivity contribution in [2.24, 2.45) is 5.92 Å². The minimum absolute atomic E-state index is 0.0850. The van der Waals surface area contributed by atoms with Crippen LogP contribution in [0.1, 0.15) is 13.8 Å². The van der Waals surface area contributed by atoms with Gasteiger partial charge >= 0.3 is 5.97 Å². The molecule has 1 N–H and O–H groups in total. The van der Waals surface area contributed by atoms with E-state index in [1.54, 1.807) is 18.2 Å². The third-order valence-corrected chi connectivity index (χ3v) is 3.22. The van der Waals surface area contributed by atoms with Crippen LogP contribution in [0.2, 0.25) is 0 Å². The van der Waals surface area contributed by atoms with Gasteiger partial charge in [0.05, 0.1) is 7.11 Å². The van der Waals surface area contributed by atoms with Crippen LogP contribution in [-0.2, 0) is 14.3 Å². The maximum Gasteiger partial charge on any atom is 0.328 e. The monoisotopic (exact) mass is 293 g/mol. The van der Waals surface area contributed by atoms with Crippen LogP contribution in [0, 0.1) is 5.92 Å². The van der Waals surface area contributed by atoms with Gasteiger partial charge in [0.2, 0.25) is 6.10 Å². The summed E-state index contributed by atoms with van der Waals surface area (Å²) in [7, 11) is 1.29. The van der Waals surface area contributed by atoms with E-state index in [1.165, 1.54) is 7.11 Å². The Morgan fingerprint density at radius 3 is 2.57 bits per heavy atom. The zero-order valence-electron chi connectivity index (χ0n) is 12.3. The molecule has 1 aliphatic rings. The molecule has 21 heavy (non-hydrogen) atoms. The molecule has 0 saturated carbocycles. The van der Waals surface area contributed by atoms with Crippen LogP contribution in [-0.4, -0.2) is 37.7 Å². The Balaban J connectivity index is 2.03. The number of methoxy groups -OCH3 is 1. The van der Waals surface area contributed by atoms with Crippen molar-refractivity contribution < 1.29 is 23.8 Å². The number of esters is 1. The lowest BCUT2D eigenvalue weighted by molar-refractivity contribution is -0.147. The van der Waals surface area contributed by atoms with Gasteiger partial charge in [-0.2, -0.15) is 0 Å². The first kappa shape index (κ1) is 15.2. The summed E-state index contributed by atoms with van der Waals surface area (Å²) in [5.41, 5.74) is 0. The first-order valence-corrected chi connectivity index (χ1v) is 6.79. The number of nitrogens with one attached hydrogen (secondary N) is 1. The van der Waals surface area contributed by atoms with Gasteiger partial charge in [0.1, 0.15) is 12.6 Å². The average Bonchev–Trinajstić information content (AvgIpc) is 2.50. The quantitative estimate of drug-likeness (QED) is 0.843. The maximum atomic E-state index is 12.2. The summed E-state index contributed by atoms with van der Waals surface area (Å²) in [4.78, 5) is 23.9. The summed E-state index contributed by atoms with van der Waals surface area (Å²) in [6.07, 6.45) is -0.786. The van der Waals surface area contributed by atoms with Gasteiger partial charge in [0, 0.05) is 0 Å². The summed E-state index contributed by atoms with van der Waals surface area (Å²) in [5, 5.41) is 2.65. The van der Waals surface area contributed by atoms with Gasteiger partial charge in [0.15, 0.2) is 11.5 Å². The van der Waals surface area contributed by atoms with E-state index in [0.29, 0.717) is 11.5 Å². The van der Waals surface area contributed by atoms with Gasteiger partial charge < -0.3 is 19.5 Å². The number of carbonyl (C=O) groups excluding carboxylic acids is 2. The van der Waals surface area contributed by atoms with Gasteiger partial charge in [-0.1, -0.05) is 26.0 Å². The Hall–Kier alpha value is -2.24. The third-order valence-electron chi connectivity index (χ3n) is 3.22. The molecule has 1 aliphatic heterocycles. The Labute approximate surface area is 123 Å². The number of para-hydroxylation sites is 2. The van der Waals surface area contributed by atoms with Gasteiger partial charge in [-0.3, -0.25) is 4.79 Å². The second kappa shape index (κ2) is 6.47. The summed E-state index contributed by atoms with van der Waals surface area (Å²) in [5.74, 6) is 0.167. The molecule has 0 saturated heterocycles. The van der Waals surface area contributed by atoms with Crippen molar-refractivity contribution in [3.05, 3.63) is 24.3 Å². The summed E-state index contributed by atoms with van der Waals surface area (Å²) in [6.45, 7) is 3.76. The van der Waals surface area contributed by atoms with E-state index in [9.17, 15) is 9.59 Å². The summed E-state index contributed by atoms with van der Waals surface area (Å²) in [6, 6.07) is 6.43. The van der Waals surface area contributed by atoms with E-state index in [-0.39, 0.29) is 12.5 Å². The predicted octanol–water partition coefficient (Wildman–Crippen LogP) is 1.14. The predicted molar refractivity (Wildman–Crippen MR) is 75.1 cm³/mol. The SMILES string of the molecule is COC(=O)C(NC(=O)C1COc2ccccc2O1)C(C)C. The van der Waals surface area contributed by atoms with Crippen molar-refractivity contribution in [2.75, 3.05) is 13.7 Å². The molecule has 6 nitrogen and oxygen atoms in total. The fourth-order valence-electron chi connectivity index (χ4n) is 2.02. The zero-order valence-corrected chi connectivity index (χ0v) is 12.3. The first-order valence-electron chi connectivity index (χ1n) is 6.79. The molecule has 114 valence electrons. The van der Waals surface area contributed by atoms with Crippen LogP contribution >= 0.6 is 0 Å². The molecule has 0 fully saturated rings. The molecular weight excluding hydrogens is 274 g/mol. The minimum atomic E-state index is -0.786. The van der Waals surface area contributed by atoms with E-state index in [4.69, 9.17) is 14.2 Å². The second-order valence-corrected chi connectivity index (χ2v) is 5.12. The molecule has 1 amide bonds. The van der Waals surface area contributed by atoms with Crippen molar-refractivity contribution in [3.63, 3.8) is 0 Å². The van der Waals surface area contributed by atoms with Crippen LogP contribution < -0.4 is 14.8 Å². The van der Waals surface area contributed by atoms with Gasteiger partial charge in [-0.15, -0.1) is 0 Å². The first-order chi connectivity index (χ1) is 10.0. The molecule has 0 aromatic heterocycles. The van der Waals surface area contributed by atoms with E-state index in [0.717, 1.165) is 0 Å². The minimum Gasteiger partial charge on any atom is -0.485 e. The highest BCUT2D eigenvalue weighted by atomic mass is 16.6. The molecule has 0 spiro atoms. The Bertz CT molecular complexity index is 529. The topological polar surface area (TPSA) is 73.9 Å². The van der Waals surface area contributed by atoms with E-state index < -0.39 is 24.0 Å². The van der Waals surface area contributed by atoms with Gasteiger partial charge in [-0.05, 0) is 18.1 Å². The fourth-order valence-corrected chi connectivity index (χ4v) is 2.02. The normalized spacial score (nSPS) is 18.0. The van der Waals surface area contributed by atoms with Crippen LogP contribution in [0.5, 0.6) is 11.5 Å². The molecule has 2 atom stereocenters. The number of carbonyl (C=O) groups is 2. The number of hydrogen-bond donors (Lipinski definition) is 1. The summed E-state index contributed by atoms with van der Waals surface area (Å²) < 4.78 is 15.8. The van der Waals surface area contributed by atoms with Crippen molar-refractivity contribution in [2.45, 2.75) is 26.0 Å². The number of benzene rings is 1. The average molecular weight is 293 g/mol. The molecule has 0 aliphatic carbocycles. The lowest BCUT2D eigenvalue weighted by Gasteiger charge is -2.27. The molecule has 0 bridgehead atoms. The number of ether oxygens (including phenoxy) is 3. The smallest absolute Gasteiger partial charge is 0.328 e. The second-order valence-electron chi connectivity index (χ2n) is 5.12. The number of amides is 1. The van der Waals surface area contributed by atoms with Crippen molar-refractivity contribution in [1.82, 2.24) is 5.32 Å². The molecule has 1 aromatic carbocycles. The number of fused-ring (bicyclic) bond motifs is 1. The molecule has 1 aromatic rings. The number of hydrogen-bond acceptors (Lipinski definition) is 5. The molecule has 0 radical (unpaired) electrons. The molecule has 2 unspecified atom stereocenters. The molecule has 1 heterocycles. The molecule has 2 rings (SSSR count). The lowest BCUT2D eigenvalue weighted by Crippen LogP contribution is -2.52. The highest BCUT2D eigenvalue weighted by Crippen LogP contribution is 2.30. The van der Waals surface area contributed by atoms with Crippen molar-refractivity contribution in [3.8, 4) is 11.5 Å². The third kappa shape index (κ3) is 3.45. The standard InChI is InChI=1S/C15H19NO5/c1-9(2)13(15(18)19-3)16-14(17)12-8-20-10-6-4-5-7-11(10)21-12/h4-7,9,12-13H,8H2,1-3H3,(H,16,17). The fraction of sp³-hybridized carbons (Fsp3) is 0.467. The maximum absolute atomic E-state index is 12.2. The lowest BCUT2D eigenvalue weighted by atomic mass is 10.0. The highest BCUT2D eigenvalue weighted by Gasteiger charge is 2.32. The highest BCUT2D eigenvalue weighted by molar-refractivity contribution is 5.87. The van der Waals surface area contributed by atoms with Crippen LogP contribution in [0.25, 0.3) is 0 Å². The van der Waals surface area contributed by atoms with Crippen LogP contribution in [0.3, 0.4) is 0 Å². The van der Waals surface area contributed by atoms with Crippen molar-refractivity contribution >= 4 is 11.9 Å². The van der Waals surface area contributed by atoms with Gasteiger partial charge in [-0.25, -0.2) is 4.79 Å². The Morgan fingerprint density at radius 2 is 1.95 bits per heavy atom. The van der Waals surface area contributed by atoms with E-state index in [2.05, 4.69) is 5.32 Å².